The van der Waals surface area contributed by atoms with E-state index in [0.717, 1.165) is 29.7 Å². The third-order valence-corrected chi connectivity index (χ3v) is 4.18. The van der Waals surface area contributed by atoms with Gasteiger partial charge in [0.05, 0.1) is 0 Å². The van der Waals surface area contributed by atoms with E-state index in [9.17, 15) is 4.79 Å². The highest BCUT2D eigenvalue weighted by Crippen LogP contribution is 2.31. The van der Waals surface area contributed by atoms with Crippen molar-refractivity contribution in [1.82, 2.24) is 0 Å². The first-order chi connectivity index (χ1) is 10.2. The van der Waals surface area contributed by atoms with E-state index in [1.165, 1.54) is 5.56 Å². The second kappa shape index (κ2) is 5.70. The van der Waals surface area contributed by atoms with Crippen LogP contribution in [-0.4, -0.2) is 11.9 Å². The molecule has 0 radical (unpaired) electrons. The number of para-hydroxylation sites is 1. The van der Waals surface area contributed by atoms with Gasteiger partial charge in [-0.2, -0.15) is 0 Å². The molecule has 0 spiro atoms. The number of benzene rings is 2. The van der Waals surface area contributed by atoms with Gasteiger partial charge in [0.15, 0.2) is 0 Å². The molecule has 1 unspecified atom stereocenters. The van der Waals surface area contributed by atoms with Gasteiger partial charge >= 0.3 is 0 Å². The third kappa shape index (κ3) is 2.57. The molecule has 3 heteroatoms. The lowest BCUT2D eigenvalue weighted by Gasteiger charge is -2.35. The molecule has 0 aromatic heterocycles. The quantitative estimate of drug-likeness (QED) is 0.918. The number of nitrogens with zero attached hydrogens (tertiary/aromatic N) is 1. The number of carbonyl (C=O) groups excluding carboxylic acids is 1. The summed E-state index contributed by atoms with van der Waals surface area (Å²) in [5.74, 6) is 0.0678. The van der Waals surface area contributed by atoms with E-state index in [1.807, 2.05) is 47.4 Å². The number of hydrogen-bond acceptors (Lipinski definition) is 2. The van der Waals surface area contributed by atoms with E-state index < -0.39 is 0 Å². The van der Waals surface area contributed by atoms with Gasteiger partial charge in [-0.3, -0.25) is 4.79 Å². The maximum absolute atomic E-state index is 12.9. The molecular formula is C18H20N2O. The van der Waals surface area contributed by atoms with Gasteiger partial charge in [-0.15, -0.1) is 0 Å². The first-order valence-electron chi connectivity index (χ1n) is 7.41. The Hall–Kier alpha value is -2.13. The van der Waals surface area contributed by atoms with E-state index in [2.05, 4.69) is 13.0 Å². The van der Waals surface area contributed by atoms with Gasteiger partial charge < -0.3 is 10.6 Å². The van der Waals surface area contributed by atoms with Crippen molar-refractivity contribution in [2.24, 2.45) is 5.73 Å². The summed E-state index contributed by atoms with van der Waals surface area (Å²) >= 11 is 0. The number of hydrogen-bond donors (Lipinski definition) is 1. The number of fused-ring (bicyclic) bond motifs is 1. The van der Waals surface area contributed by atoms with Crippen LogP contribution in [0, 0.1) is 0 Å². The number of aryl methyl sites for hydroxylation is 1. The summed E-state index contributed by atoms with van der Waals surface area (Å²) in [5, 5.41) is 0. The Morgan fingerprint density at radius 1 is 1.19 bits per heavy atom. The Morgan fingerprint density at radius 2 is 1.90 bits per heavy atom. The van der Waals surface area contributed by atoms with Gasteiger partial charge in [-0.1, -0.05) is 30.3 Å². The summed E-state index contributed by atoms with van der Waals surface area (Å²) < 4.78 is 0. The Morgan fingerprint density at radius 3 is 2.62 bits per heavy atom. The van der Waals surface area contributed by atoms with Gasteiger partial charge in [-0.25, -0.2) is 0 Å². The number of carbonyl (C=O) groups is 1. The number of amides is 1. The Kier molecular flexibility index (Phi) is 3.76. The molecule has 2 aromatic carbocycles. The van der Waals surface area contributed by atoms with Gasteiger partial charge in [0.2, 0.25) is 0 Å². The molecule has 0 bridgehead atoms. The fourth-order valence-corrected chi connectivity index (χ4v) is 2.92. The highest BCUT2D eigenvalue weighted by atomic mass is 16.2. The van der Waals surface area contributed by atoms with Crippen LogP contribution >= 0.6 is 0 Å². The molecule has 2 aromatic rings. The Balaban J connectivity index is 1.96. The lowest BCUT2D eigenvalue weighted by Crippen LogP contribution is -2.42. The summed E-state index contributed by atoms with van der Waals surface area (Å²) in [4.78, 5) is 14.8. The minimum Gasteiger partial charge on any atom is -0.326 e. The topological polar surface area (TPSA) is 46.3 Å². The van der Waals surface area contributed by atoms with Crippen LogP contribution < -0.4 is 10.6 Å². The number of nitrogens with two attached hydrogens (primary N) is 1. The van der Waals surface area contributed by atoms with Crippen molar-refractivity contribution < 1.29 is 4.79 Å². The minimum absolute atomic E-state index is 0.0678. The van der Waals surface area contributed by atoms with E-state index in [4.69, 9.17) is 5.73 Å². The summed E-state index contributed by atoms with van der Waals surface area (Å²) in [6.45, 7) is 2.61. The summed E-state index contributed by atoms with van der Waals surface area (Å²) in [7, 11) is 0. The molecule has 1 atom stereocenters. The van der Waals surface area contributed by atoms with Crippen LogP contribution in [0.25, 0.3) is 0 Å². The highest BCUT2D eigenvalue weighted by Gasteiger charge is 2.28. The van der Waals surface area contributed by atoms with Crippen molar-refractivity contribution in [3.05, 3.63) is 65.2 Å². The number of anilines is 1. The van der Waals surface area contributed by atoms with Gasteiger partial charge in [0.25, 0.3) is 5.91 Å². The molecule has 2 N–H and O–H groups in total. The molecule has 0 fully saturated rings. The Bertz CT molecular complexity index is 649. The highest BCUT2D eigenvalue weighted by molar-refractivity contribution is 6.07. The molecule has 1 aliphatic rings. The van der Waals surface area contributed by atoms with E-state index in [-0.39, 0.29) is 11.9 Å². The molecule has 1 heterocycles. The number of rotatable bonds is 2. The molecule has 0 saturated carbocycles. The van der Waals surface area contributed by atoms with Crippen LogP contribution in [0.4, 0.5) is 5.69 Å². The summed E-state index contributed by atoms with van der Waals surface area (Å²) in [6, 6.07) is 16.0. The second-order valence-corrected chi connectivity index (χ2v) is 5.59. The monoisotopic (exact) mass is 280 g/mol. The zero-order valence-electron chi connectivity index (χ0n) is 12.3. The molecule has 0 aliphatic carbocycles. The zero-order chi connectivity index (χ0) is 14.8. The minimum atomic E-state index is 0.0678. The van der Waals surface area contributed by atoms with Crippen LogP contribution in [0.15, 0.2) is 48.5 Å². The summed E-state index contributed by atoms with van der Waals surface area (Å²) in [6.07, 6.45) is 2.04. The molecular weight excluding hydrogens is 260 g/mol. The van der Waals surface area contributed by atoms with Crippen molar-refractivity contribution in [2.75, 3.05) is 4.90 Å². The predicted molar refractivity (Wildman–Crippen MR) is 85.4 cm³/mol. The first-order valence-corrected chi connectivity index (χ1v) is 7.41. The van der Waals surface area contributed by atoms with E-state index in [0.29, 0.717) is 6.54 Å². The smallest absolute Gasteiger partial charge is 0.258 e. The average Bonchev–Trinajstić information content (AvgIpc) is 2.54. The van der Waals surface area contributed by atoms with Crippen molar-refractivity contribution >= 4 is 11.6 Å². The van der Waals surface area contributed by atoms with Gasteiger partial charge in [0, 0.05) is 23.8 Å². The average molecular weight is 280 g/mol. The maximum Gasteiger partial charge on any atom is 0.258 e. The van der Waals surface area contributed by atoms with Crippen LogP contribution in [-0.2, 0) is 13.0 Å². The van der Waals surface area contributed by atoms with Crippen LogP contribution in [0.3, 0.4) is 0 Å². The molecule has 0 saturated heterocycles. The SMILES string of the molecule is CC1CCc2ccccc2N1C(=O)c1ccc(CN)cc1. The van der Waals surface area contributed by atoms with Crippen LogP contribution in [0.5, 0.6) is 0 Å². The van der Waals surface area contributed by atoms with Crippen LogP contribution in [0.2, 0.25) is 0 Å². The molecule has 3 nitrogen and oxygen atoms in total. The van der Waals surface area contributed by atoms with Gasteiger partial charge in [0.1, 0.15) is 0 Å². The molecule has 108 valence electrons. The lowest BCUT2D eigenvalue weighted by atomic mass is 9.95. The van der Waals surface area contributed by atoms with E-state index in [1.54, 1.807) is 0 Å². The zero-order valence-corrected chi connectivity index (χ0v) is 12.3. The van der Waals surface area contributed by atoms with Crippen LogP contribution in [0.1, 0.15) is 34.8 Å². The molecule has 1 amide bonds. The van der Waals surface area contributed by atoms with E-state index >= 15 is 0 Å². The summed E-state index contributed by atoms with van der Waals surface area (Å²) in [5.41, 5.74) is 9.67. The molecule has 1 aliphatic heterocycles. The maximum atomic E-state index is 12.9. The Labute approximate surface area is 125 Å². The van der Waals surface area contributed by atoms with Crippen molar-refractivity contribution in [2.45, 2.75) is 32.4 Å². The lowest BCUT2D eigenvalue weighted by molar-refractivity contribution is 0.0975. The third-order valence-electron chi connectivity index (χ3n) is 4.18. The first kappa shape index (κ1) is 13.8. The second-order valence-electron chi connectivity index (χ2n) is 5.59. The van der Waals surface area contributed by atoms with Crippen molar-refractivity contribution in [3.8, 4) is 0 Å². The fraction of sp³-hybridized carbons (Fsp3) is 0.278. The van der Waals surface area contributed by atoms with Crippen molar-refractivity contribution in [1.29, 1.82) is 0 Å². The van der Waals surface area contributed by atoms with Gasteiger partial charge in [-0.05, 0) is 49.1 Å². The molecule has 3 rings (SSSR count). The fourth-order valence-electron chi connectivity index (χ4n) is 2.92. The standard InChI is InChI=1S/C18H20N2O/c1-13-6-9-15-4-2-3-5-17(15)20(13)18(21)16-10-7-14(12-19)8-11-16/h2-5,7-8,10-11,13H,6,9,12,19H2,1H3. The predicted octanol–water partition coefficient (Wildman–Crippen LogP) is 3.13. The van der Waals surface area contributed by atoms with Crippen molar-refractivity contribution in [3.63, 3.8) is 0 Å². The molecule has 21 heavy (non-hydrogen) atoms. The normalized spacial score (nSPS) is 17.4. The largest absolute Gasteiger partial charge is 0.326 e.